The quantitative estimate of drug-likeness (QED) is 0.467. The molecule has 0 aliphatic heterocycles. The molecule has 1 aromatic rings. The van der Waals surface area contributed by atoms with Crippen molar-refractivity contribution < 1.29 is 5.21 Å². The molecule has 16 heavy (non-hydrogen) atoms. The van der Waals surface area contributed by atoms with E-state index < -0.39 is 0 Å². The Kier molecular flexibility index (Phi) is 3.97. The Labute approximate surface area is 97.0 Å². The summed E-state index contributed by atoms with van der Waals surface area (Å²) in [6.07, 6.45) is 9.08. The largest absolute Gasteiger partial charge is 0.411 e. The van der Waals surface area contributed by atoms with E-state index in [4.69, 9.17) is 5.21 Å². The van der Waals surface area contributed by atoms with E-state index in [1.54, 1.807) is 0 Å². The van der Waals surface area contributed by atoms with Crippen molar-refractivity contribution in [3.63, 3.8) is 0 Å². The second-order valence-electron chi connectivity index (χ2n) is 4.58. The predicted octanol–water partition coefficient (Wildman–Crippen LogP) is 3.74. The summed E-state index contributed by atoms with van der Waals surface area (Å²) in [7, 11) is 0. The molecular formula is C14H19NO. The van der Waals surface area contributed by atoms with Crippen LogP contribution in [0.4, 0.5) is 0 Å². The van der Waals surface area contributed by atoms with Gasteiger partial charge in [-0.15, -0.1) is 5.16 Å². The first-order valence-corrected chi connectivity index (χ1v) is 6.15. The maximum Gasteiger partial charge on any atom is 0.0479 e. The first-order valence-electron chi connectivity index (χ1n) is 6.15. The lowest BCUT2D eigenvalue weighted by Gasteiger charge is -2.22. The molecule has 2 nitrogen and oxygen atoms in total. The maximum absolute atomic E-state index is 8.36. The highest BCUT2D eigenvalue weighted by Crippen LogP contribution is 2.32. The van der Waals surface area contributed by atoms with Crippen LogP contribution < -0.4 is 0 Å². The Morgan fingerprint density at radius 1 is 1.12 bits per heavy atom. The van der Waals surface area contributed by atoms with Crippen LogP contribution in [0.25, 0.3) is 0 Å². The smallest absolute Gasteiger partial charge is 0.0479 e. The molecule has 0 aromatic heterocycles. The summed E-state index contributed by atoms with van der Waals surface area (Å²) in [4.78, 5) is 0. The van der Waals surface area contributed by atoms with Crippen molar-refractivity contribution in [1.82, 2.24) is 0 Å². The topological polar surface area (TPSA) is 32.6 Å². The molecule has 1 N–H and O–H groups in total. The molecule has 1 aliphatic carbocycles. The first-order chi connectivity index (χ1) is 7.90. The van der Waals surface area contributed by atoms with Crippen molar-refractivity contribution in [2.75, 3.05) is 0 Å². The maximum atomic E-state index is 8.36. The summed E-state index contributed by atoms with van der Waals surface area (Å²) in [5.41, 5.74) is 2.68. The minimum Gasteiger partial charge on any atom is -0.411 e. The van der Waals surface area contributed by atoms with Crippen LogP contribution in [0, 0.1) is 0 Å². The van der Waals surface area contributed by atoms with Gasteiger partial charge in [-0.25, -0.2) is 0 Å². The number of hydrogen-bond acceptors (Lipinski definition) is 2. The van der Waals surface area contributed by atoms with E-state index >= 15 is 0 Å². The normalized spacial score (nSPS) is 18.0. The van der Waals surface area contributed by atoms with Crippen molar-refractivity contribution in [3.05, 3.63) is 35.4 Å². The molecule has 2 heteroatoms. The summed E-state index contributed by atoms with van der Waals surface area (Å²) in [5.74, 6) is 0.773. The van der Waals surface area contributed by atoms with Gasteiger partial charge in [0.1, 0.15) is 0 Å². The molecule has 0 heterocycles. The van der Waals surface area contributed by atoms with Gasteiger partial charge in [0.2, 0.25) is 0 Å². The van der Waals surface area contributed by atoms with E-state index in [0.717, 1.165) is 5.92 Å². The van der Waals surface area contributed by atoms with Gasteiger partial charge >= 0.3 is 0 Å². The summed E-state index contributed by atoms with van der Waals surface area (Å²) in [5, 5.41) is 11.4. The molecule has 86 valence electrons. The van der Waals surface area contributed by atoms with E-state index in [1.807, 2.05) is 0 Å². The van der Waals surface area contributed by atoms with Crippen LogP contribution in [-0.4, -0.2) is 11.4 Å². The van der Waals surface area contributed by atoms with Crippen LogP contribution in [0.1, 0.15) is 49.1 Å². The monoisotopic (exact) mass is 217 g/mol. The molecule has 1 saturated carbocycles. The van der Waals surface area contributed by atoms with Crippen LogP contribution in [0.3, 0.4) is 0 Å². The van der Waals surface area contributed by atoms with E-state index in [2.05, 4.69) is 29.4 Å². The Balaban J connectivity index is 2.00. The molecule has 0 atom stereocenters. The molecular weight excluding hydrogens is 198 g/mol. The third-order valence-electron chi connectivity index (χ3n) is 3.46. The highest BCUT2D eigenvalue weighted by molar-refractivity contribution is 5.60. The van der Waals surface area contributed by atoms with Crippen molar-refractivity contribution in [2.24, 2.45) is 5.16 Å². The van der Waals surface area contributed by atoms with Crippen molar-refractivity contribution >= 4 is 6.21 Å². The third kappa shape index (κ3) is 2.84. The van der Waals surface area contributed by atoms with Crippen LogP contribution >= 0.6 is 0 Å². The van der Waals surface area contributed by atoms with Crippen LogP contribution in [-0.2, 0) is 6.42 Å². The van der Waals surface area contributed by atoms with Crippen molar-refractivity contribution in [3.8, 4) is 0 Å². The van der Waals surface area contributed by atoms with E-state index in [9.17, 15) is 0 Å². The lowest BCUT2D eigenvalue weighted by molar-refractivity contribution is 0.321. The van der Waals surface area contributed by atoms with Gasteiger partial charge in [0.05, 0.1) is 0 Å². The number of oxime groups is 1. The third-order valence-corrected chi connectivity index (χ3v) is 3.46. The summed E-state index contributed by atoms with van der Waals surface area (Å²) < 4.78 is 0. The number of rotatable bonds is 3. The number of benzene rings is 1. The molecule has 1 aliphatic rings. The zero-order valence-electron chi connectivity index (χ0n) is 9.60. The van der Waals surface area contributed by atoms with Gasteiger partial charge in [-0.3, -0.25) is 0 Å². The minimum absolute atomic E-state index is 0.710. The minimum atomic E-state index is 0.710. The average molecular weight is 217 g/mol. The lowest BCUT2D eigenvalue weighted by atomic mass is 9.84. The van der Waals surface area contributed by atoms with Gasteiger partial charge in [-0.1, -0.05) is 43.5 Å². The van der Waals surface area contributed by atoms with Gasteiger partial charge in [0.25, 0.3) is 0 Å². The number of hydrogen-bond donors (Lipinski definition) is 1. The summed E-state index contributed by atoms with van der Waals surface area (Å²) in [6, 6.07) is 8.75. The molecule has 1 aromatic carbocycles. The molecule has 0 radical (unpaired) electrons. The van der Waals surface area contributed by atoms with Crippen LogP contribution in [0.15, 0.2) is 29.4 Å². The molecule has 0 amide bonds. The molecule has 0 saturated heterocycles. The summed E-state index contributed by atoms with van der Waals surface area (Å²) >= 11 is 0. The average Bonchev–Trinajstić information content (AvgIpc) is 2.38. The second kappa shape index (κ2) is 5.69. The molecule has 0 spiro atoms. The highest BCUT2D eigenvalue weighted by Gasteiger charge is 2.14. The molecule has 1 fully saturated rings. The SMILES string of the molecule is ON=CCc1ccc(C2CCCCC2)cc1. The Bertz CT molecular complexity index is 336. The second-order valence-corrected chi connectivity index (χ2v) is 4.58. The fraction of sp³-hybridized carbons (Fsp3) is 0.500. The fourth-order valence-corrected chi connectivity index (χ4v) is 2.51. The van der Waals surface area contributed by atoms with E-state index in [0.29, 0.717) is 6.42 Å². The van der Waals surface area contributed by atoms with Gasteiger partial charge in [0.15, 0.2) is 0 Å². The molecule has 0 unspecified atom stereocenters. The highest BCUT2D eigenvalue weighted by atomic mass is 16.4. The summed E-state index contributed by atoms with van der Waals surface area (Å²) in [6.45, 7) is 0. The van der Waals surface area contributed by atoms with Crippen LogP contribution in [0.5, 0.6) is 0 Å². The Hall–Kier alpha value is -1.31. The lowest BCUT2D eigenvalue weighted by Crippen LogP contribution is -2.04. The van der Waals surface area contributed by atoms with E-state index in [1.165, 1.54) is 49.4 Å². The first kappa shape index (κ1) is 11.2. The predicted molar refractivity (Wildman–Crippen MR) is 66.3 cm³/mol. The van der Waals surface area contributed by atoms with Gasteiger partial charge in [-0.2, -0.15) is 0 Å². The molecule has 2 rings (SSSR count). The zero-order chi connectivity index (χ0) is 11.2. The van der Waals surface area contributed by atoms with Crippen molar-refractivity contribution in [2.45, 2.75) is 44.4 Å². The molecule has 0 bridgehead atoms. The Morgan fingerprint density at radius 2 is 1.81 bits per heavy atom. The van der Waals surface area contributed by atoms with Crippen LogP contribution in [0.2, 0.25) is 0 Å². The fourth-order valence-electron chi connectivity index (χ4n) is 2.51. The van der Waals surface area contributed by atoms with E-state index in [-0.39, 0.29) is 0 Å². The standard InChI is InChI=1S/C14H19NO/c16-15-11-10-12-6-8-14(9-7-12)13-4-2-1-3-5-13/h6-9,11,13,16H,1-5,10H2. The number of nitrogens with zero attached hydrogens (tertiary/aromatic N) is 1. The Morgan fingerprint density at radius 3 is 2.44 bits per heavy atom. The zero-order valence-corrected chi connectivity index (χ0v) is 9.60. The van der Waals surface area contributed by atoms with Gasteiger partial charge < -0.3 is 5.21 Å². The van der Waals surface area contributed by atoms with Gasteiger partial charge in [0, 0.05) is 12.6 Å². The van der Waals surface area contributed by atoms with Gasteiger partial charge in [-0.05, 0) is 29.9 Å². The van der Waals surface area contributed by atoms with Crippen molar-refractivity contribution in [1.29, 1.82) is 0 Å².